The minimum Gasteiger partial charge on any atom is -0.403 e. The molecule has 3 aromatic rings. The molecular weight excluding hydrogens is 312 g/mol. The fourth-order valence-electron chi connectivity index (χ4n) is 2.93. The van der Waals surface area contributed by atoms with Crippen LogP contribution in [0.3, 0.4) is 0 Å². The molecule has 3 nitrogen and oxygen atoms in total. The van der Waals surface area contributed by atoms with Crippen LogP contribution >= 0.6 is 0 Å². The van der Waals surface area contributed by atoms with Crippen molar-refractivity contribution in [3.8, 4) is 0 Å². The number of hydrogen-bond donors (Lipinski definition) is 1. The van der Waals surface area contributed by atoms with Gasteiger partial charge in [0.05, 0.1) is 12.3 Å². The van der Waals surface area contributed by atoms with Crippen LogP contribution in [0.25, 0.3) is 0 Å². The molecule has 0 aliphatic heterocycles. The zero-order valence-corrected chi connectivity index (χ0v) is 15.6. The zero-order chi connectivity index (χ0) is 17.0. The van der Waals surface area contributed by atoms with E-state index in [1.165, 1.54) is 10.4 Å². The first kappa shape index (κ1) is 16.7. The van der Waals surface area contributed by atoms with Gasteiger partial charge in [-0.3, -0.25) is 5.10 Å². The van der Waals surface area contributed by atoms with Crippen LogP contribution in [-0.4, -0.2) is 19.2 Å². The van der Waals surface area contributed by atoms with Gasteiger partial charge in [-0.15, -0.1) is 0 Å². The second-order valence-electron chi connectivity index (χ2n) is 7.12. The minimum absolute atomic E-state index is 0.00618. The molecule has 3 rings (SSSR count). The van der Waals surface area contributed by atoms with Crippen molar-refractivity contribution in [3.63, 3.8) is 0 Å². The maximum absolute atomic E-state index is 6.81. The number of nitrogens with one attached hydrogen (secondary N) is 1. The molecule has 0 aliphatic carbocycles. The largest absolute Gasteiger partial charge is 0.403 e. The summed E-state index contributed by atoms with van der Waals surface area (Å²) in [5, 5.41) is 9.63. The molecule has 0 spiro atoms. The molecule has 0 amide bonds. The summed E-state index contributed by atoms with van der Waals surface area (Å²) in [5.41, 5.74) is 1.09. The van der Waals surface area contributed by atoms with Crippen LogP contribution in [0.2, 0.25) is 0 Å². The van der Waals surface area contributed by atoms with Crippen LogP contribution in [0.5, 0.6) is 0 Å². The van der Waals surface area contributed by atoms with E-state index in [0.717, 1.165) is 5.56 Å². The lowest BCUT2D eigenvalue weighted by molar-refractivity contribution is 0.0897. The predicted molar refractivity (Wildman–Crippen MR) is 101 cm³/mol. The molecule has 0 radical (unpaired) electrons. The Labute approximate surface area is 145 Å². The Morgan fingerprint density at radius 1 is 0.917 bits per heavy atom. The third kappa shape index (κ3) is 3.83. The lowest BCUT2D eigenvalue weighted by atomic mass is 9.86. The van der Waals surface area contributed by atoms with Gasteiger partial charge in [0.2, 0.25) is 9.04 Å². The first-order valence-electron chi connectivity index (χ1n) is 8.30. The average molecular weight is 337 g/mol. The lowest BCUT2D eigenvalue weighted by Crippen LogP contribution is -2.47. The summed E-state index contributed by atoms with van der Waals surface area (Å²) in [6.07, 6.45) is 3.81. The molecule has 0 saturated heterocycles. The highest BCUT2D eigenvalue weighted by Gasteiger charge is 2.32. The molecule has 1 atom stereocenters. The second-order valence-corrected chi connectivity index (χ2v) is 9.48. The highest BCUT2D eigenvalue weighted by molar-refractivity contribution is 6.80. The van der Waals surface area contributed by atoms with Gasteiger partial charge in [0.25, 0.3) is 0 Å². The smallest absolute Gasteiger partial charge is 0.240 e. The van der Waals surface area contributed by atoms with Crippen molar-refractivity contribution in [1.82, 2.24) is 10.2 Å². The molecule has 0 fully saturated rings. The fraction of sp³-hybridized carbons (Fsp3) is 0.250. The predicted octanol–water partition coefficient (Wildman–Crippen LogP) is 3.05. The number of aromatic nitrogens is 2. The van der Waals surface area contributed by atoms with Gasteiger partial charge < -0.3 is 4.43 Å². The fourth-order valence-corrected chi connectivity index (χ4v) is 5.61. The molecular formula is C20H24N2OSi. The number of rotatable bonds is 5. The molecule has 1 heterocycles. The average Bonchev–Trinajstić information content (AvgIpc) is 3.10. The third-order valence-electron chi connectivity index (χ3n) is 4.09. The van der Waals surface area contributed by atoms with E-state index in [1.54, 1.807) is 0 Å². The molecule has 1 unspecified atom stereocenters. The standard InChI is InChI=1S/C20H24N2OSi/c1-20(2,3)19(16-14-21-22-15-16)23-24(17-10-6-4-7-11-17)18-12-8-5-9-13-18/h4-15,19,24H,1-3H3,(H,21,22). The van der Waals surface area contributed by atoms with E-state index in [2.05, 4.69) is 91.6 Å². The van der Waals surface area contributed by atoms with E-state index in [9.17, 15) is 0 Å². The van der Waals surface area contributed by atoms with Gasteiger partial charge in [-0.2, -0.15) is 5.10 Å². The van der Waals surface area contributed by atoms with Crippen LogP contribution in [0.15, 0.2) is 73.1 Å². The van der Waals surface area contributed by atoms with Crippen LogP contribution in [0.4, 0.5) is 0 Å². The van der Waals surface area contributed by atoms with Gasteiger partial charge in [-0.05, 0) is 15.8 Å². The van der Waals surface area contributed by atoms with Crippen molar-refractivity contribution in [2.45, 2.75) is 26.9 Å². The van der Waals surface area contributed by atoms with Crippen molar-refractivity contribution in [2.75, 3.05) is 0 Å². The SMILES string of the molecule is CC(C)(C)C(O[SiH](c1ccccc1)c1ccccc1)c1cn[nH]c1. The molecule has 0 saturated carbocycles. The number of aromatic amines is 1. The summed E-state index contributed by atoms with van der Waals surface area (Å²) in [6, 6.07) is 21.2. The molecule has 2 aromatic carbocycles. The van der Waals surface area contributed by atoms with E-state index < -0.39 is 9.04 Å². The minimum atomic E-state index is -1.79. The van der Waals surface area contributed by atoms with Gasteiger partial charge in [-0.1, -0.05) is 81.4 Å². The molecule has 4 heteroatoms. The lowest BCUT2D eigenvalue weighted by Gasteiger charge is -2.33. The van der Waals surface area contributed by atoms with Gasteiger partial charge in [0.1, 0.15) is 0 Å². The van der Waals surface area contributed by atoms with Crippen molar-refractivity contribution < 1.29 is 4.43 Å². The maximum Gasteiger partial charge on any atom is 0.240 e. The Balaban J connectivity index is 1.99. The molecule has 124 valence electrons. The summed E-state index contributed by atoms with van der Waals surface area (Å²) in [5.74, 6) is 0. The van der Waals surface area contributed by atoms with E-state index in [0.29, 0.717) is 0 Å². The topological polar surface area (TPSA) is 37.9 Å². The van der Waals surface area contributed by atoms with Crippen LogP contribution in [0, 0.1) is 5.41 Å². The molecule has 0 aliphatic rings. The molecule has 1 aromatic heterocycles. The number of hydrogen-bond acceptors (Lipinski definition) is 2. The summed E-state index contributed by atoms with van der Waals surface area (Å²) >= 11 is 0. The summed E-state index contributed by atoms with van der Waals surface area (Å²) < 4.78 is 6.81. The van der Waals surface area contributed by atoms with Crippen molar-refractivity contribution in [2.24, 2.45) is 5.41 Å². The third-order valence-corrected chi connectivity index (χ3v) is 6.61. The first-order chi connectivity index (χ1) is 11.6. The Bertz CT molecular complexity index is 697. The summed E-state index contributed by atoms with van der Waals surface area (Å²) in [4.78, 5) is 0. The van der Waals surface area contributed by atoms with Crippen molar-refractivity contribution in [3.05, 3.63) is 78.6 Å². The van der Waals surface area contributed by atoms with Crippen LogP contribution in [0.1, 0.15) is 32.4 Å². The van der Waals surface area contributed by atoms with Gasteiger partial charge in [0, 0.05) is 11.8 Å². The number of benzene rings is 2. The Kier molecular flexibility index (Phi) is 4.97. The van der Waals surface area contributed by atoms with E-state index in [4.69, 9.17) is 4.43 Å². The Hall–Kier alpha value is -2.17. The first-order valence-corrected chi connectivity index (χ1v) is 9.92. The summed E-state index contributed by atoms with van der Waals surface area (Å²) in [6.45, 7) is 6.64. The zero-order valence-electron chi connectivity index (χ0n) is 14.4. The number of H-pyrrole nitrogens is 1. The Morgan fingerprint density at radius 2 is 1.46 bits per heavy atom. The normalized spacial score (nSPS) is 13.2. The van der Waals surface area contributed by atoms with Gasteiger partial charge >= 0.3 is 0 Å². The van der Waals surface area contributed by atoms with E-state index >= 15 is 0 Å². The molecule has 24 heavy (non-hydrogen) atoms. The number of nitrogens with zero attached hydrogens (tertiary/aromatic N) is 1. The summed E-state index contributed by atoms with van der Waals surface area (Å²) in [7, 11) is -1.79. The van der Waals surface area contributed by atoms with Gasteiger partial charge in [0.15, 0.2) is 0 Å². The molecule has 1 N–H and O–H groups in total. The maximum atomic E-state index is 6.81. The highest BCUT2D eigenvalue weighted by Crippen LogP contribution is 2.36. The monoisotopic (exact) mass is 336 g/mol. The Morgan fingerprint density at radius 3 is 1.88 bits per heavy atom. The van der Waals surface area contributed by atoms with Gasteiger partial charge in [-0.25, -0.2) is 0 Å². The van der Waals surface area contributed by atoms with Crippen LogP contribution < -0.4 is 10.4 Å². The van der Waals surface area contributed by atoms with E-state index in [-0.39, 0.29) is 11.5 Å². The quantitative estimate of drug-likeness (QED) is 0.727. The van der Waals surface area contributed by atoms with Crippen molar-refractivity contribution in [1.29, 1.82) is 0 Å². The van der Waals surface area contributed by atoms with Crippen LogP contribution in [-0.2, 0) is 4.43 Å². The highest BCUT2D eigenvalue weighted by atomic mass is 28.3. The molecule has 0 bridgehead atoms. The van der Waals surface area contributed by atoms with Crippen molar-refractivity contribution >= 4 is 19.4 Å². The van der Waals surface area contributed by atoms with E-state index in [1.807, 2.05) is 12.4 Å². The second kappa shape index (κ2) is 7.15.